The Bertz CT molecular complexity index is 1790. The number of fused-ring (bicyclic) bond motifs is 3. The first kappa shape index (κ1) is 31.6. The zero-order chi connectivity index (χ0) is 32.6. The molecule has 3 aliphatic heterocycles. The average Bonchev–Trinajstić information content (AvgIpc) is 3.67. The van der Waals surface area contributed by atoms with Crippen LogP contribution in [-0.2, 0) is 16.0 Å². The van der Waals surface area contributed by atoms with Crippen LogP contribution in [0.5, 0.6) is 6.01 Å². The quantitative estimate of drug-likeness (QED) is 0.160. The molecular formula is C36H42F2N6O3. The number of hydrogen-bond acceptors (Lipinski definition) is 9. The number of carbonyl (C=O) groups excluding carboxylic acids is 1. The fourth-order valence-corrected chi connectivity index (χ4v) is 8.05. The topological polar surface area (TPSA) is 92.7 Å². The van der Waals surface area contributed by atoms with Crippen molar-refractivity contribution < 1.29 is 23.0 Å². The predicted molar refractivity (Wildman–Crippen MR) is 178 cm³/mol. The lowest BCUT2D eigenvalue weighted by atomic mass is 9.91. The number of pyridine rings is 1. The molecule has 11 heteroatoms. The second-order valence-electron chi connectivity index (χ2n) is 13.6. The SMILES string of the molecule is CN[C@@]1(C)CCCN(c2nc(OCC34CCCN3CCC4)nc3c(F)c(-c4cccc5ccc(F)c(CCCOC=O)c45)ncc23)C1. The summed E-state index contributed by atoms with van der Waals surface area (Å²) in [6.07, 6.45) is 8.78. The maximum absolute atomic E-state index is 17.0. The van der Waals surface area contributed by atoms with E-state index in [2.05, 4.69) is 27.0 Å². The standard InChI is InChI=1S/C36H42F2N6O3/c1-35(39-2)13-5-16-43(21-35)33-27-20-40-31(26-9-3-8-24-11-12-28(37)25(29(24)26)10-4-19-46-23-45)30(38)32(27)41-34(42-33)47-22-36-14-6-17-44(36)18-7-15-36/h3,8-9,11-12,20,23,39H,4-7,10,13-19,21-22H2,1-2H3/t35-/m0/s1. The normalized spacial score (nSPS) is 21.0. The van der Waals surface area contributed by atoms with Crippen LogP contribution in [0.15, 0.2) is 36.5 Å². The maximum atomic E-state index is 17.0. The lowest BCUT2D eigenvalue weighted by Gasteiger charge is -2.41. The molecule has 3 fully saturated rings. The van der Waals surface area contributed by atoms with Crippen LogP contribution in [0.4, 0.5) is 14.6 Å². The molecule has 3 saturated heterocycles. The van der Waals surface area contributed by atoms with E-state index in [1.807, 2.05) is 19.2 Å². The lowest BCUT2D eigenvalue weighted by molar-refractivity contribution is -0.128. The van der Waals surface area contributed by atoms with Crippen molar-refractivity contribution in [3.05, 3.63) is 53.7 Å². The molecule has 5 heterocycles. The largest absolute Gasteiger partial charge is 0.468 e. The van der Waals surface area contributed by atoms with Gasteiger partial charge in [0.25, 0.3) is 6.47 Å². The van der Waals surface area contributed by atoms with Crippen LogP contribution >= 0.6 is 0 Å². The van der Waals surface area contributed by atoms with Gasteiger partial charge in [0.2, 0.25) is 0 Å². The Morgan fingerprint density at radius 2 is 1.85 bits per heavy atom. The second kappa shape index (κ2) is 12.9. The predicted octanol–water partition coefficient (Wildman–Crippen LogP) is 5.81. The van der Waals surface area contributed by atoms with Gasteiger partial charge in [-0.1, -0.05) is 24.3 Å². The first-order valence-electron chi connectivity index (χ1n) is 16.8. The number of aromatic nitrogens is 3. The molecule has 1 atom stereocenters. The molecule has 2 aromatic heterocycles. The van der Waals surface area contributed by atoms with E-state index in [1.54, 1.807) is 18.3 Å². The van der Waals surface area contributed by atoms with Crippen molar-refractivity contribution >= 4 is 34.0 Å². The summed E-state index contributed by atoms with van der Waals surface area (Å²) in [5, 5.41) is 5.31. The minimum Gasteiger partial charge on any atom is -0.468 e. The summed E-state index contributed by atoms with van der Waals surface area (Å²) in [7, 11) is 1.97. The van der Waals surface area contributed by atoms with Gasteiger partial charge in [-0.05, 0) is 101 Å². The second-order valence-corrected chi connectivity index (χ2v) is 13.6. The van der Waals surface area contributed by atoms with Crippen molar-refractivity contribution in [3.63, 3.8) is 0 Å². The molecule has 248 valence electrons. The number of hydrogen-bond donors (Lipinski definition) is 1. The first-order chi connectivity index (χ1) is 22.8. The molecule has 7 rings (SSSR count). The molecule has 9 nitrogen and oxygen atoms in total. The molecule has 1 N–H and O–H groups in total. The van der Waals surface area contributed by atoms with Crippen LogP contribution in [0.1, 0.15) is 57.4 Å². The first-order valence-corrected chi connectivity index (χ1v) is 16.8. The fourth-order valence-electron chi connectivity index (χ4n) is 8.05. The summed E-state index contributed by atoms with van der Waals surface area (Å²) in [5.74, 6) is -0.392. The number of benzene rings is 2. The van der Waals surface area contributed by atoms with E-state index in [9.17, 15) is 4.79 Å². The Hall–Kier alpha value is -3.96. The summed E-state index contributed by atoms with van der Waals surface area (Å²) in [6, 6.07) is 8.73. The van der Waals surface area contributed by atoms with Crippen LogP contribution in [-0.4, -0.2) is 83.8 Å². The van der Waals surface area contributed by atoms with Gasteiger partial charge in [-0.2, -0.15) is 9.97 Å². The van der Waals surface area contributed by atoms with Crippen molar-refractivity contribution in [1.29, 1.82) is 0 Å². The zero-order valence-corrected chi connectivity index (χ0v) is 27.2. The van der Waals surface area contributed by atoms with Gasteiger partial charge < -0.3 is 19.7 Å². The van der Waals surface area contributed by atoms with Gasteiger partial charge in [-0.25, -0.2) is 8.78 Å². The lowest BCUT2D eigenvalue weighted by Crippen LogP contribution is -2.54. The van der Waals surface area contributed by atoms with Crippen LogP contribution in [0, 0.1) is 11.6 Å². The number of aryl methyl sites for hydroxylation is 1. The molecule has 0 spiro atoms. The molecule has 0 saturated carbocycles. The monoisotopic (exact) mass is 644 g/mol. The molecule has 4 aromatic rings. The highest BCUT2D eigenvalue weighted by Gasteiger charge is 2.45. The number of carbonyl (C=O) groups is 1. The third kappa shape index (κ3) is 5.88. The van der Waals surface area contributed by atoms with Gasteiger partial charge in [0.05, 0.1) is 17.5 Å². The molecule has 47 heavy (non-hydrogen) atoms. The molecule has 3 aliphatic rings. The minimum absolute atomic E-state index is 0.0174. The molecule has 0 unspecified atom stereocenters. The molecule has 0 aliphatic carbocycles. The number of rotatable bonds is 11. The molecule has 0 amide bonds. The summed E-state index contributed by atoms with van der Waals surface area (Å²) in [5.41, 5.74) is 0.977. The highest BCUT2D eigenvalue weighted by molar-refractivity contribution is 6.01. The van der Waals surface area contributed by atoms with E-state index in [0.29, 0.717) is 60.2 Å². The van der Waals surface area contributed by atoms with E-state index in [1.165, 1.54) is 6.07 Å². The van der Waals surface area contributed by atoms with Crippen LogP contribution in [0.3, 0.4) is 0 Å². The van der Waals surface area contributed by atoms with Crippen molar-refractivity contribution in [2.75, 3.05) is 51.3 Å². The van der Waals surface area contributed by atoms with Gasteiger partial charge in [0.1, 0.15) is 29.5 Å². The minimum atomic E-state index is -0.599. The smallest absolute Gasteiger partial charge is 0.319 e. The fraction of sp³-hybridized carbons (Fsp3) is 0.500. The summed E-state index contributed by atoms with van der Waals surface area (Å²) in [6.45, 7) is 6.80. The van der Waals surface area contributed by atoms with Crippen molar-refractivity contribution in [2.45, 2.75) is 69.4 Å². The van der Waals surface area contributed by atoms with Gasteiger partial charge >= 0.3 is 6.01 Å². The van der Waals surface area contributed by atoms with E-state index >= 15 is 8.78 Å². The highest BCUT2D eigenvalue weighted by Crippen LogP contribution is 2.41. The number of nitrogens with zero attached hydrogens (tertiary/aromatic N) is 5. The number of ether oxygens (including phenoxy) is 2. The number of piperidine rings is 1. The Labute approximate surface area is 273 Å². The zero-order valence-electron chi connectivity index (χ0n) is 27.2. The number of anilines is 1. The Morgan fingerprint density at radius 1 is 1.04 bits per heavy atom. The van der Waals surface area contributed by atoms with Gasteiger partial charge in [0, 0.05) is 30.4 Å². The number of nitrogens with one attached hydrogen (secondary N) is 1. The summed E-state index contributed by atoms with van der Waals surface area (Å²) < 4.78 is 43.5. The summed E-state index contributed by atoms with van der Waals surface area (Å²) >= 11 is 0. The van der Waals surface area contributed by atoms with Crippen molar-refractivity contribution in [2.24, 2.45) is 0 Å². The van der Waals surface area contributed by atoms with E-state index in [4.69, 9.17) is 19.4 Å². The van der Waals surface area contributed by atoms with E-state index in [-0.39, 0.29) is 34.9 Å². The van der Waals surface area contributed by atoms with Gasteiger partial charge in [-0.15, -0.1) is 0 Å². The number of halogens is 2. The van der Waals surface area contributed by atoms with E-state index < -0.39 is 11.6 Å². The van der Waals surface area contributed by atoms with Crippen molar-refractivity contribution in [1.82, 2.24) is 25.2 Å². The summed E-state index contributed by atoms with van der Waals surface area (Å²) in [4.78, 5) is 29.6. The number of likely N-dealkylation sites (N-methyl/N-ethyl adjacent to an activating group) is 1. The Balaban J connectivity index is 1.34. The third-order valence-corrected chi connectivity index (χ3v) is 10.6. The van der Waals surface area contributed by atoms with Crippen LogP contribution in [0.2, 0.25) is 0 Å². The van der Waals surface area contributed by atoms with Crippen LogP contribution in [0.25, 0.3) is 32.9 Å². The Morgan fingerprint density at radius 3 is 2.64 bits per heavy atom. The third-order valence-electron chi connectivity index (χ3n) is 10.6. The van der Waals surface area contributed by atoms with Gasteiger partial charge in [-0.3, -0.25) is 14.7 Å². The van der Waals surface area contributed by atoms with Gasteiger partial charge in [0.15, 0.2) is 5.82 Å². The van der Waals surface area contributed by atoms with Crippen molar-refractivity contribution in [3.8, 4) is 17.3 Å². The molecule has 0 bridgehead atoms. The average molecular weight is 645 g/mol. The molecular weight excluding hydrogens is 602 g/mol. The maximum Gasteiger partial charge on any atom is 0.319 e. The molecule has 0 radical (unpaired) electrons. The Kier molecular flexibility index (Phi) is 8.69. The highest BCUT2D eigenvalue weighted by atomic mass is 19.1. The molecule has 2 aromatic carbocycles. The van der Waals surface area contributed by atoms with E-state index in [0.717, 1.165) is 63.5 Å². The van der Waals surface area contributed by atoms with Crippen LogP contribution < -0.4 is 15.0 Å².